The standard InChI is InChI=1S/2C10H10O2.2H2O/c2*1-8(2)10(11)12-9-6-4-3-5-7-9;;/h2*3-7H,1H2,2H3;2*1H2. The van der Waals surface area contributed by atoms with Crippen molar-refractivity contribution in [3.63, 3.8) is 0 Å². The number of esters is 2. The fraction of sp³-hybridized carbons (Fsp3) is 0.100. The molecule has 0 saturated heterocycles. The molecular formula is C20H24O6. The lowest BCUT2D eigenvalue weighted by molar-refractivity contribution is -0.130. The van der Waals surface area contributed by atoms with E-state index < -0.39 is 0 Å². The Labute approximate surface area is 153 Å². The number of para-hydroxylation sites is 2. The number of rotatable bonds is 4. The number of ether oxygens (including phenoxy) is 2. The second kappa shape index (κ2) is 13.1. The lowest BCUT2D eigenvalue weighted by atomic mass is 10.3. The van der Waals surface area contributed by atoms with Gasteiger partial charge in [0.25, 0.3) is 0 Å². The minimum atomic E-state index is -0.388. The molecule has 0 heterocycles. The molecule has 0 bridgehead atoms. The quantitative estimate of drug-likeness (QED) is 0.473. The highest BCUT2D eigenvalue weighted by Gasteiger charge is 2.03. The van der Waals surface area contributed by atoms with Gasteiger partial charge in [-0.3, -0.25) is 0 Å². The Hall–Kier alpha value is -3.22. The maximum absolute atomic E-state index is 11.0. The zero-order valence-electron chi connectivity index (χ0n) is 14.8. The van der Waals surface area contributed by atoms with Crippen LogP contribution in [0.25, 0.3) is 0 Å². The summed E-state index contributed by atoms with van der Waals surface area (Å²) in [7, 11) is 0. The van der Waals surface area contributed by atoms with Crippen LogP contribution in [0, 0.1) is 0 Å². The van der Waals surface area contributed by atoms with Crippen molar-refractivity contribution in [2.24, 2.45) is 0 Å². The molecule has 2 rings (SSSR count). The summed E-state index contributed by atoms with van der Waals surface area (Å²) in [5.41, 5.74) is 0.803. The molecule has 6 heteroatoms. The average Bonchev–Trinajstić information content (AvgIpc) is 2.57. The minimum Gasteiger partial charge on any atom is -0.423 e. The highest BCUT2D eigenvalue weighted by Crippen LogP contribution is 2.10. The van der Waals surface area contributed by atoms with Crippen LogP contribution < -0.4 is 9.47 Å². The molecule has 6 nitrogen and oxygen atoms in total. The molecule has 0 spiro atoms. The molecule has 4 N–H and O–H groups in total. The van der Waals surface area contributed by atoms with E-state index >= 15 is 0 Å². The van der Waals surface area contributed by atoms with Gasteiger partial charge in [-0.05, 0) is 38.1 Å². The summed E-state index contributed by atoms with van der Waals surface area (Å²) in [5, 5.41) is 0. The fourth-order valence-electron chi connectivity index (χ4n) is 1.37. The van der Waals surface area contributed by atoms with Crippen molar-refractivity contribution in [2.75, 3.05) is 0 Å². The van der Waals surface area contributed by atoms with Gasteiger partial charge in [-0.1, -0.05) is 49.6 Å². The van der Waals surface area contributed by atoms with E-state index in [0.29, 0.717) is 22.6 Å². The number of hydrogen-bond donors (Lipinski definition) is 0. The molecule has 0 fully saturated rings. The third-order valence-corrected chi connectivity index (χ3v) is 2.60. The van der Waals surface area contributed by atoms with Crippen LogP contribution in [0.5, 0.6) is 11.5 Å². The maximum Gasteiger partial charge on any atom is 0.338 e. The monoisotopic (exact) mass is 360 g/mol. The largest absolute Gasteiger partial charge is 0.423 e. The molecule has 0 aliphatic rings. The van der Waals surface area contributed by atoms with Crippen molar-refractivity contribution in [1.29, 1.82) is 0 Å². The van der Waals surface area contributed by atoms with Gasteiger partial charge >= 0.3 is 11.9 Å². The van der Waals surface area contributed by atoms with E-state index in [-0.39, 0.29) is 22.9 Å². The molecule has 2 aromatic rings. The van der Waals surface area contributed by atoms with Gasteiger partial charge in [0.1, 0.15) is 11.5 Å². The maximum atomic E-state index is 11.0. The van der Waals surface area contributed by atoms with Gasteiger partial charge in [0, 0.05) is 11.1 Å². The first-order valence-corrected chi connectivity index (χ1v) is 7.25. The van der Waals surface area contributed by atoms with Crippen molar-refractivity contribution in [3.05, 3.63) is 85.0 Å². The van der Waals surface area contributed by atoms with E-state index in [1.165, 1.54) is 0 Å². The highest BCUT2D eigenvalue weighted by molar-refractivity contribution is 5.89. The zero-order valence-corrected chi connectivity index (χ0v) is 14.8. The predicted octanol–water partition coefficient (Wildman–Crippen LogP) is 2.69. The first-order valence-electron chi connectivity index (χ1n) is 7.25. The van der Waals surface area contributed by atoms with Gasteiger partial charge in [-0.25, -0.2) is 9.59 Å². The van der Waals surface area contributed by atoms with Crippen molar-refractivity contribution < 1.29 is 30.0 Å². The topological polar surface area (TPSA) is 116 Å². The predicted molar refractivity (Wildman–Crippen MR) is 101 cm³/mol. The molecule has 0 saturated carbocycles. The summed E-state index contributed by atoms with van der Waals surface area (Å²) in [6, 6.07) is 17.8. The Morgan fingerprint density at radius 1 is 0.654 bits per heavy atom. The Kier molecular flexibility index (Phi) is 12.6. The second-order valence-corrected chi connectivity index (χ2v) is 4.97. The molecule has 0 aromatic heterocycles. The lowest BCUT2D eigenvalue weighted by Gasteiger charge is -2.01. The number of benzene rings is 2. The number of carbonyl (C=O) groups is 2. The van der Waals surface area contributed by atoms with Crippen LogP contribution >= 0.6 is 0 Å². The number of hydrogen-bond acceptors (Lipinski definition) is 4. The summed E-state index contributed by atoms with van der Waals surface area (Å²) in [5.74, 6) is 0.318. The van der Waals surface area contributed by atoms with Crippen LogP contribution in [0.3, 0.4) is 0 Å². The first-order chi connectivity index (χ1) is 11.4. The molecule has 140 valence electrons. The van der Waals surface area contributed by atoms with Crippen LogP contribution in [0.2, 0.25) is 0 Å². The summed E-state index contributed by atoms with van der Waals surface area (Å²) >= 11 is 0. The Bertz CT molecular complexity index is 644. The van der Waals surface area contributed by atoms with E-state index in [1.807, 2.05) is 12.1 Å². The average molecular weight is 360 g/mol. The third kappa shape index (κ3) is 9.82. The van der Waals surface area contributed by atoms with E-state index in [0.717, 1.165) is 0 Å². The van der Waals surface area contributed by atoms with E-state index in [4.69, 9.17) is 9.47 Å². The van der Waals surface area contributed by atoms with Crippen LogP contribution in [0.4, 0.5) is 0 Å². The molecule has 0 radical (unpaired) electrons. The van der Waals surface area contributed by atoms with E-state index in [1.54, 1.807) is 62.4 Å². The normalized spacial score (nSPS) is 8.38. The second-order valence-electron chi connectivity index (χ2n) is 4.97. The first kappa shape index (κ1) is 25.0. The van der Waals surface area contributed by atoms with Crippen molar-refractivity contribution in [2.45, 2.75) is 13.8 Å². The lowest BCUT2D eigenvalue weighted by Crippen LogP contribution is -2.07. The molecule has 0 unspecified atom stereocenters. The van der Waals surface area contributed by atoms with Gasteiger partial charge in [0.05, 0.1) is 0 Å². The van der Waals surface area contributed by atoms with E-state index in [9.17, 15) is 9.59 Å². The SMILES string of the molecule is C=C(C)C(=O)Oc1ccccc1.C=C(C)C(=O)Oc1ccccc1.O.O. The van der Waals surface area contributed by atoms with Crippen LogP contribution in [-0.4, -0.2) is 22.9 Å². The smallest absolute Gasteiger partial charge is 0.338 e. The molecule has 0 aliphatic heterocycles. The van der Waals surface area contributed by atoms with Crippen LogP contribution in [-0.2, 0) is 9.59 Å². The van der Waals surface area contributed by atoms with Gasteiger partial charge in [0.15, 0.2) is 0 Å². The summed E-state index contributed by atoms with van der Waals surface area (Å²) < 4.78 is 9.87. The van der Waals surface area contributed by atoms with E-state index in [2.05, 4.69) is 13.2 Å². The van der Waals surface area contributed by atoms with Gasteiger partial charge in [0.2, 0.25) is 0 Å². The molecule has 26 heavy (non-hydrogen) atoms. The minimum absolute atomic E-state index is 0. The molecule has 0 atom stereocenters. The Morgan fingerprint density at radius 2 is 0.923 bits per heavy atom. The van der Waals surface area contributed by atoms with Gasteiger partial charge in [-0.15, -0.1) is 0 Å². The van der Waals surface area contributed by atoms with Crippen molar-refractivity contribution in [3.8, 4) is 11.5 Å². The summed E-state index contributed by atoms with van der Waals surface area (Å²) in [6.45, 7) is 10.2. The third-order valence-electron chi connectivity index (χ3n) is 2.60. The molecule has 0 aliphatic carbocycles. The van der Waals surface area contributed by atoms with Crippen LogP contribution in [0.1, 0.15) is 13.8 Å². The zero-order chi connectivity index (χ0) is 17.9. The fourth-order valence-corrected chi connectivity index (χ4v) is 1.37. The van der Waals surface area contributed by atoms with Crippen molar-refractivity contribution >= 4 is 11.9 Å². The molecular weight excluding hydrogens is 336 g/mol. The van der Waals surface area contributed by atoms with Crippen molar-refractivity contribution in [1.82, 2.24) is 0 Å². The Balaban J connectivity index is 0. The molecule has 2 aromatic carbocycles. The van der Waals surface area contributed by atoms with Gasteiger partial charge in [-0.2, -0.15) is 0 Å². The van der Waals surface area contributed by atoms with Gasteiger partial charge < -0.3 is 20.4 Å². The molecule has 0 amide bonds. The summed E-state index contributed by atoms with van der Waals surface area (Å²) in [6.07, 6.45) is 0. The number of carbonyl (C=O) groups excluding carboxylic acids is 2. The summed E-state index contributed by atoms with van der Waals surface area (Å²) in [4.78, 5) is 22.0. The Morgan fingerprint density at radius 3 is 1.15 bits per heavy atom. The van der Waals surface area contributed by atoms with Crippen LogP contribution in [0.15, 0.2) is 85.0 Å². The highest BCUT2D eigenvalue weighted by atomic mass is 16.5.